The van der Waals surface area contributed by atoms with E-state index in [1.54, 1.807) is 0 Å². The quantitative estimate of drug-likeness (QED) is 0.441. The Labute approximate surface area is 71.9 Å². The van der Waals surface area contributed by atoms with Gasteiger partial charge in [-0.2, -0.15) is 0 Å². The van der Waals surface area contributed by atoms with Crippen LogP contribution in [0.1, 0.15) is 12.8 Å². The van der Waals surface area contributed by atoms with Crippen LogP contribution < -0.4 is 0 Å². The SMILES string of the molecule is ClP(Cl)C1C2C=CC1CC2. The van der Waals surface area contributed by atoms with Crippen LogP contribution in [-0.2, 0) is 0 Å². The molecule has 0 nitrogen and oxygen atoms in total. The minimum Gasteiger partial charge on any atom is -0.0844 e. The van der Waals surface area contributed by atoms with Crippen LogP contribution >= 0.6 is 29.1 Å². The van der Waals surface area contributed by atoms with Crippen molar-refractivity contribution >= 4 is 29.1 Å². The molecular formula is C7H9Cl2P. The number of fused-ring (bicyclic) bond motifs is 2. The maximum Gasteiger partial charge on any atom is 0.0897 e. The van der Waals surface area contributed by atoms with E-state index in [-0.39, 0.29) is 0 Å². The van der Waals surface area contributed by atoms with E-state index in [1.165, 1.54) is 12.8 Å². The van der Waals surface area contributed by atoms with Crippen LogP contribution in [0, 0.1) is 11.8 Å². The number of halogens is 2. The molecule has 0 saturated heterocycles. The van der Waals surface area contributed by atoms with Crippen LogP contribution in [-0.4, -0.2) is 5.66 Å². The summed E-state index contributed by atoms with van der Waals surface area (Å²) in [4.78, 5) is 0. The molecule has 2 rings (SSSR count). The van der Waals surface area contributed by atoms with Gasteiger partial charge in [-0.25, -0.2) is 0 Å². The molecule has 10 heavy (non-hydrogen) atoms. The second-order valence-corrected chi connectivity index (χ2v) is 6.86. The molecule has 1 fully saturated rings. The summed E-state index contributed by atoms with van der Waals surface area (Å²) < 4.78 is 0. The molecule has 2 unspecified atom stereocenters. The van der Waals surface area contributed by atoms with E-state index in [2.05, 4.69) is 12.2 Å². The molecule has 2 bridgehead atoms. The van der Waals surface area contributed by atoms with E-state index in [0.717, 1.165) is 0 Å². The number of rotatable bonds is 1. The fourth-order valence-electron chi connectivity index (χ4n) is 2.04. The van der Waals surface area contributed by atoms with Gasteiger partial charge in [-0.1, -0.05) is 34.6 Å². The lowest BCUT2D eigenvalue weighted by Gasteiger charge is -2.15. The molecule has 0 amide bonds. The fraction of sp³-hybridized carbons (Fsp3) is 0.714. The number of hydrogen-bond donors (Lipinski definition) is 0. The Morgan fingerprint density at radius 2 is 1.60 bits per heavy atom. The summed E-state index contributed by atoms with van der Waals surface area (Å²) in [5.41, 5.74) is 0.596. The normalized spacial score (nSPS) is 43.7. The maximum atomic E-state index is 5.90. The fourth-order valence-corrected chi connectivity index (χ4v) is 4.85. The van der Waals surface area contributed by atoms with Crippen LogP contribution in [0.25, 0.3) is 0 Å². The minimum atomic E-state index is -0.736. The summed E-state index contributed by atoms with van der Waals surface area (Å²) in [6.07, 6.45) is 7.20. The highest BCUT2D eigenvalue weighted by molar-refractivity contribution is 8.04. The molecular weight excluding hydrogens is 186 g/mol. The zero-order valence-electron chi connectivity index (χ0n) is 5.50. The first-order valence-corrected chi connectivity index (χ1v) is 6.80. The third kappa shape index (κ3) is 1.02. The summed E-state index contributed by atoms with van der Waals surface area (Å²) in [6.45, 7) is -0.736. The Balaban J connectivity index is 2.14. The smallest absolute Gasteiger partial charge is 0.0844 e. The van der Waals surface area contributed by atoms with Crippen molar-refractivity contribution in [3.8, 4) is 0 Å². The zero-order chi connectivity index (χ0) is 7.14. The Bertz CT molecular complexity index is 153. The summed E-state index contributed by atoms with van der Waals surface area (Å²) in [5.74, 6) is 1.43. The predicted octanol–water partition coefficient (Wildman–Crippen LogP) is 3.74. The van der Waals surface area contributed by atoms with Crippen LogP contribution in [0.2, 0.25) is 0 Å². The molecule has 2 aliphatic rings. The van der Waals surface area contributed by atoms with Crippen molar-refractivity contribution in [1.29, 1.82) is 0 Å². The number of allylic oxidation sites excluding steroid dienone is 2. The van der Waals surface area contributed by atoms with Gasteiger partial charge < -0.3 is 0 Å². The molecule has 1 saturated carbocycles. The molecule has 0 heterocycles. The Hall–Kier alpha value is 0.750. The van der Waals surface area contributed by atoms with Crippen LogP contribution in [0.3, 0.4) is 0 Å². The largest absolute Gasteiger partial charge is 0.0897 e. The lowest BCUT2D eigenvalue weighted by molar-refractivity contribution is 0.705. The van der Waals surface area contributed by atoms with Gasteiger partial charge in [-0.05, 0) is 24.7 Å². The number of hydrogen-bond acceptors (Lipinski definition) is 0. The van der Waals surface area contributed by atoms with Crippen molar-refractivity contribution in [3.05, 3.63) is 12.2 Å². The van der Waals surface area contributed by atoms with E-state index >= 15 is 0 Å². The first-order valence-electron chi connectivity index (χ1n) is 3.58. The highest BCUT2D eigenvalue weighted by atomic mass is 35.9. The van der Waals surface area contributed by atoms with Gasteiger partial charge >= 0.3 is 0 Å². The molecule has 3 heteroatoms. The highest BCUT2D eigenvalue weighted by Crippen LogP contribution is 2.63. The molecule has 0 spiro atoms. The van der Waals surface area contributed by atoms with E-state index in [1.807, 2.05) is 0 Å². The first kappa shape index (κ1) is 7.40. The van der Waals surface area contributed by atoms with Crippen molar-refractivity contribution in [2.24, 2.45) is 11.8 Å². The van der Waals surface area contributed by atoms with Crippen molar-refractivity contribution < 1.29 is 0 Å². The van der Waals surface area contributed by atoms with E-state index in [0.29, 0.717) is 17.5 Å². The monoisotopic (exact) mass is 194 g/mol. The predicted molar refractivity (Wildman–Crippen MR) is 47.8 cm³/mol. The van der Waals surface area contributed by atoms with E-state index in [4.69, 9.17) is 22.5 Å². The van der Waals surface area contributed by atoms with E-state index in [9.17, 15) is 0 Å². The van der Waals surface area contributed by atoms with E-state index < -0.39 is 6.63 Å². The third-order valence-electron chi connectivity index (χ3n) is 2.54. The van der Waals surface area contributed by atoms with Crippen molar-refractivity contribution in [1.82, 2.24) is 0 Å². The molecule has 2 aliphatic carbocycles. The topological polar surface area (TPSA) is 0 Å². The molecule has 0 N–H and O–H groups in total. The second-order valence-electron chi connectivity index (χ2n) is 3.04. The average Bonchev–Trinajstić information content (AvgIpc) is 2.43. The molecule has 0 aromatic carbocycles. The van der Waals surface area contributed by atoms with Gasteiger partial charge in [0.05, 0.1) is 6.63 Å². The molecule has 0 aromatic rings. The van der Waals surface area contributed by atoms with Gasteiger partial charge in [0.15, 0.2) is 0 Å². The van der Waals surface area contributed by atoms with Gasteiger partial charge in [0.25, 0.3) is 0 Å². The Morgan fingerprint density at radius 1 is 1.10 bits per heavy atom. The van der Waals surface area contributed by atoms with Gasteiger partial charge in [0.1, 0.15) is 0 Å². The zero-order valence-corrected chi connectivity index (χ0v) is 7.91. The summed E-state index contributed by atoms with van der Waals surface area (Å²) in [6, 6.07) is 0. The summed E-state index contributed by atoms with van der Waals surface area (Å²) in [7, 11) is 0. The third-order valence-corrected chi connectivity index (χ3v) is 5.11. The van der Waals surface area contributed by atoms with Gasteiger partial charge in [-0.15, -0.1) is 0 Å². The first-order chi connectivity index (χ1) is 4.79. The van der Waals surface area contributed by atoms with Crippen molar-refractivity contribution in [2.45, 2.75) is 18.5 Å². The van der Waals surface area contributed by atoms with Crippen LogP contribution in [0.15, 0.2) is 12.2 Å². The summed E-state index contributed by atoms with van der Waals surface area (Å²) >= 11 is 11.8. The van der Waals surface area contributed by atoms with Crippen LogP contribution in [0.5, 0.6) is 0 Å². The molecule has 0 radical (unpaired) electrons. The van der Waals surface area contributed by atoms with Gasteiger partial charge in [0, 0.05) is 5.66 Å². The lowest BCUT2D eigenvalue weighted by Crippen LogP contribution is -2.07. The Kier molecular flexibility index (Phi) is 1.97. The van der Waals surface area contributed by atoms with Crippen molar-refractivity contribution in [2.75, 3.05) is 0 Å². The highest BCUT2D eigenvalue weighted by Gasteiger charge is 2.41. The molecule has 0 aromatic heterocycles. The standard InChI is InChI=1S/C7H9Cl2P/c8-10(9)7-5-1-2-6(7)4-3-5/h1-2,5-7H,3-4H2. The van der Waals surface area contributed by atoms with Gasteiger partial charge in [-0.3, -0.25) is 0 Å². The summed E-state index contributed by atoms with van der Waals surface area (Å²) in [5, 5.41) is 0. The van der Waals surface area contributed by atoms with Crippen LogP contribution in [0.4, 0.5) is 0 Å². The van der Waals surface area contributed by atoms with Gasteiger partial charge in [0.2, 0.25) is 0 Å². The average molecular weight is 195 g/mol. The molecule has 2 atom stereocenters. The Morgan fingerprint density at radius 3 is 1.80 bits per heavy atom. The molecule has 56 valence electrons. The second kappa shape index (κ2) is 2.66. The lowest BCUT2D eigenvalue weighted by atomic mass is 10.1. The van der Waals surface area contributed by atoms with Crippen molar-refractivity contribution in [3.63, 3.8) is 0 Å². The minimum absolute atomic E-state index is 0.596. The maximum absolute atomic E-state index is 5.90. The molecule has 0 aliphatic heterocycles.